The van der Waals surface area contributed by atoms with E-state index in [1.807, 2.05) is 25.1 Å². The molecule has 0 spiro atoms. The Bertz CT molecular complexity index is 625. The Balaban J connectivity index is 2.17. The van der Waals surface area contributed by atoms with Crippen molar-refractivity contribution in [2.45, 2.75) is 13.0 Å². The number of nitrogen functional groups attached to an aromatic ring is 1. The van der Waals surface area contributed by atoms with E-state index in [-0.39, 0.29) is 11.9 Å². The molecule has 0 bridgehead atoms. The molecule has 0 aliphatic heterocycles. The van der Waals surface area contributed by atoms with Gasteiger partial charge in [-0.2, -0.15) is 0 Å². The molecule has 2 aromatic rings. The van der Waals surface area contributed by atoms with Crippen LogP contribution in [0.1, 0.15) is 28.9 Å². The minimum atomic E-state index is -0.189. The predicted molar refractivity (Wildman–Crippen MR) is 85.9 cm³/mol. The number of carbonyl (C=O) groups is 1. The summed E-state index contributed by atoms with van der Waals surface area (Å²) in [6.45, 7) is 1.89. The van der Waals surface area contributed by atoms with Crippen molar-refractivity contribution in [3.05, 3.63) is 63.1 Å². The summed E-state index contributed by atoms with van der Waals surface area (Å²) in [6, 6.07) is 12.4. The second kappa shape index (κ2) is 6.29. The minimum Gasteiger partial charge on any atom is -0.399 e. The first-order valence-electron chi connectivity index (χ1n) is 6.08. The number of carbonyl (C=O) groups excluding carboxylic acids is 1. The summed E-state index contributed by atoms with van der Waals surface area (Å²) in [5.74, 6) is -0.189. The average molecular weight is 354 g/mol. The maximum atomic E-state index is 12.2. The smallest absolute Gasteiger partial charge is 0.251 e. The molecule has 3 nitrogen and oxygen atoms in total. The number of hydrogen-bond acceptors (Lipinski definition) is 2. The van der Waals surface area contributed by atoms with Crippen molar-refractivity contribution >= 4 is 39.1 Å². The molecule has 0 heterocycles. The molecule has 0 fully saturated rings. The molecular weight excluding hydrogens is 340 g/mol. The van der Waals surface area contributed by atoms with Gasteiger partial charge in [0.15, 0.2) is 0 Å². The molecule has 20 heavy (non-hydrogen) atoms. The zero-order valence-corrected chi connectivity index (χ0v) is 13.2. The van der Waals surface area contributed by atoms with Crippen molar-refractivity contribution in [3.8, 4) is 0 Å². The fraction of sp³-hybridized carbons (Fsp3) is 0.133. The molecule has 104 valence electrons. The van der Waals surface area contributed by atoms with Gasteiger partial charge < -0.3 is 11.1 Å². The lowest BCUT2D eigenvalue weighted by molar-refractivity contribution is 0.0940. The Labute approximate surface area is 131 Å². The normalized spacial score (nSPS) is 11.9. The van der Waals surface area contributed by atoms with Gasteiger partial charge in [0.25, 0.3) is 5.91 Å². The van der Waals surface area contributed by atoms with Crippen LogP contribution in [-0.2, 0) is 0 Å². The lowest BCUT2D eigenvalue weighted by Crippen LogP contribution is -2.26. The summed E-state index contributed by atoms with van der Waals surface area (Å²) in [5, 5.41) is 3.54. The Kier molecular flexibility index (Phi) is 4.68. The van der Waals surface area contributed by atoms with Gasteiger partial charge in [0.1, 0.15) is 0 Å². The number of hydrogen-bond donors (Lipinski definition) is 2. The van der Waals surface area contributed by atoms with Gasteiger partial charge in [0.05, 0.1) is 6.04 Å². The molecule has 0 saturated carbocycles. The van der Waals surface area contributed by atoms with Gasteiger partial charge in [-0.25, -0.2) is 0 Å². The number of benzene rings is 2. The summed E-state index contributed by atoms with van der Waals surface area (Å²) >= 11 is 9.44. The predicted octanol–water partition coefficient (Wildman–Crippen LogP) is 4.18. The molecule has 0 aliphatic rings. The Morgan fingerprint density at radius 2 is 2.00 bits per heavy atom. The first kappa shape index (κ1) is 14.9. The summed E-state index contributed by atoms with van der Waals surface area (Å²) in [5.41, 5.74) is 7.66. The van der Waals surface area contributed by atoms with Gasteiger partial charge in [-0.05, 0) is 36.8 Å². The third-order valence-electron chi connectivity index (χ3n) is 2.90. The lowest BCUT2D eigenvalue weighted by Gasteiger charge is -2.16. The van der Waals surface area contributed by atoms with Gasteiger partial charge in [-0.1, -0.05) is 45.7 Å². The second-order valence-electron chi connectivity index (χ2n) is 4.49. The van der Waals surface area contributed by atoms with Gasteiger partial charge >= 0.3 is 0 Å². The molecule has 1 amide bonds. The highest BCUT2D eigenvalue weighted by Gasteiger charge is 2.14. The van der Waals surface area contributed by atoms with Crippen molar-refractivity contribution in [2.24, 2.45) is 0 Å². The highest BCUT2D eigenvalue weighted by atomic mass is 79.9. The zero-order chi connectivity index (χ0) is 14.7. The summed E-state index contributed by atoms with van der Waals surface area (Å²) in [4.78, 5) is 12.2. The fourth-order valence-corrected chi connectivity index (χ4v) is 2.74. The van der Waals surface area contributed by atoms with Crippen LogP contribution < -0.4 is 11.1 Å². The zero-order valence-electron chi connectivity index (χ0n) is 10.9. The van der Waals surface area contributed by atoms with Crippen molar-refractivity contribution < 1.29 is 4.79 Å². The van der Waals surface area contributed by atoms with Crippen LogP contribution in [-0.4, -0.2) is 5.91 Å². The SMILES string of the molecule is C[C@H](NC(=O)c1cc(N)cc(Br)c1)c1ccccc1Cl. The van der Waals surface area contributed by atoms with Crippen molar-refractivity contribution in [1.29, 1.82) is 0 Å². The number of nitrogens with two attached hydrogens (primary N) is 1. The highest BCUT2D eigenvalue weighted by Crippen LogP contribution is 2.23. The molecule has 2 aromatic carbocycles. The van der Waals surface area contributed by atoms with Crippen molar-refractivity contribution in [1.82, 2.24) is 5.32 Å². The van der Waals surface area contributed by atoms with Crippen LogP contribution in [0.3, 0.4) is 0 Å². The first-order chi connectivity index (χ1) is 9.47. The third kappa shape index (κ3) is 3.52. The largest absolute Gasteiger partial charge is 0.399 e. The van der Waals surface area contributed by atoms with E-state index >= 15 is 0 Å². The highest BCUT2D eigenvalue weighted by molar-refractivity contribution is 9.10. The maximum Gasteiger partial charge on any atom is 0.251 e. The van der Waals surface area contributed by atoms with Crippen molar-refractivity contribution in [3.63, 3.8) is 0 Å². The van der Waals surface area contributed by atoms with Gasteiger partial charge in [-0.15, -0.1) is 0 Å². The van der Waals surface area contributed by atoms with E-state index in [4.69, 9.17) is 17.3 Å². The quantitative estimate of drug-likeness (QED) is 0.813. The first-order valence-corrected chi connectivity index (χ1v) is 7.26. The number of amides is 1. The van der Waals surface area contributed by atoms with Crippen LogP contribution >= 0.6 is 27.5 Å². The van der Waals surface area contributed by atoms with E-state index in [1.54, 1.807) is 24.3 Å². The minimum absolute atomic E-state index is 0.184. The molecule has 1 atom stereocenters. The van der Waals surface area contributed by atoms with Crippen LogP contribution in [0.25, 0.3) is 0 Å². The average Bonchev–Trinajstić information content (AvgIpc) is 2.37. The maximum absolute atomic E-state index is 12.2. The number of halogens is 2. The van der Waals surface area contributed by atoms with Gasteiger partial charge in [0.2, 0.25) is 0 Å². The molecular formula is C15H14BrClN2O. The van der Waals surface area contributed by atoms with E-state index < -0.39 is 0 Å². The molecule has 0 unspecified atom stereocenters. The Morgan fingerprint density at radius 3 is 2.65 bits per heavy atom. The molecule has 0 radical (unpaired) electrons. The molecule has 0 aliphatic carbocycles. The molecule has 0 aromatic heterocycles. The van der Waals surface area contributed by atoms with E-state index in [2.05, 4.69) is 21.2 Å². The summed E-state index contributed by atoms with van der Waals surface area (Å²) < 4.78 is 0.771. The van der Waals surface area contributed by atoms with E-state index in [9.17, 15) is 4.79 Å². The Hall–Kier alpha value is -1.52. The molecule has 5 heteroatoms. The van der Waals surface area contributed by atoms with Crippen molar-refractivity contribution in [2.75, 3.05) is 5.73 Å². The number of rotatable bonds is 3. The standard InChI is InChI=1S/C15H14BrClN2O/c1-9(13-4-2-3-5-14(13)17)19-15(20)10-6-11(16)8-12(18)7-10/h2-9H,18H2,1H3,(H,19,20)/t9-/m0/s1. The van der Waals surface area contributed by atoms with Crippen LogP contribution in [0.4, 0.5) is 5.69 Å². The van der Waals surface area contributed by atoms with Gasteiger partial charge in [-0.3, -0.25) is 4.79 Å². The summed E-state index contributed by atoms with van der Waals surface area (Å²) in [6.07, 6.45) is 0. The topological polar surface area (TPSA) is 55.1 Å². The van der Waals surface area contributed by atoms with Crippen LogP contribution in [0.15, 0.2) is 46.9 Å². The fourth-order valence-electron chi connectivity index (χ4n) is 1.93. The van der Waals surface area contributed by atoms with Crippen LogP contribution in [0.5, 0.6) is 0 Å². The molecule has 0 saturated heterocycles. The lowest BCUT2D eigenvalue weighted by atomic mass is 10.1. The summed E-state index contributed by atoms with van der Waals surface area (Å²) in [7, 11) is 0. The van der Waals surface area contributed by atoms with Crippen LogP contribution in [0, 0.1) is 0 Å². The molecule has 3 N–H and O–H groups in total. The van der Waals surface area contributed by atoms with E-state index in [0.717, 1.165) is 10.0 Å². The Morgan fingerprint density at radius 1 is 1.30 bits per heavy atom. The second-order valence-corrected chi connectivity index (χ2v) is 5.81. The third-order valence-corrected chi connectivity index (χ3v) is 3.70. The van der Waals surface area contributed by atoms with E-state index in [0.29, 0.717) is 16.3 Å². The van der Waals surface area contributed by atoms with E-state index in [1.165, 1.54) is 0 Å². The monoisotopic (exact) mass is 352 g/mol. The number of nitrogens with one attached hydrogen (secondary N) is 1. The van der Waals surface area contributed by atoms with Crippen LogP contribution in [0.2, 0.25) is 5.02 Å². The van der Waals surface area contributed by atoms with Gasteiger partial charge in [0, 0.05) is 20.7 Å². The molecule has 2 rings (SSSR count). The number of anilines is 1.